The van der Waals surface area contributed by atoms with Crippen LogP contribution in [0.1, 0.15) is 24.2 Å². The van der Waals surface area contributed by atoms with E-state index in [1.807, 2.05) is 6.92 Å². The Kier molecular flexibility index (Phi) is 5.84. The fourth-order valence-electron chi connectivity index (χ4n) is 1.71. The smallest absolute Gasteiger partial charge is 0.253 e. The van der Waals surface area contributed by atoms with Crippen molar-refractivity contribution in [1.82, 2.24) is 4.90 Å². The van der Waals surface area contributed by atoms with Crippen LogP contribution in [-0.2, 0) is 0 Å². The van der Waals surface area contributed by atoms with Gasteiger partial charge < -0.3 is 9.64 Å². The van der Waals surface area contributed by atoms with Gasteiger partial charge in [0.2, 0.25) is 0 Å². The summed E-state index contributed by atoms with van der Waals surface area (Å²) < 4.78 is 5.87. The van der Waals surface area contributed by atoms with Crippen molar-refractivity contribution in [1.29, 1.82) is 5.26 Å². The molecule has 0 N–H and O–H groups in total. The maximum atomic E-state index is 12.3. The van der Waals surface area contributed by atoms with Crippen LogP contribution in [0.15, 0.2) is 22.7 Å². The number of carbonyl (C=O) groups is 1. The zero-order valence-electron chi connectivity index (χ0n) is 11.3. The van der Waals surface area contributed by atoms with Crippen molar-refractivity contribution in [2.75, 3.05) is 20.2 Å². The predicted molar refractivity (Wildman–Crippen MR) is 77.0 cm³/mol. The van der Waals surface area contributed by atoms with Crippen molar-refractivity contribution in [3.8, 4) is 11.8 Å². The lowest BCUT2D eigenvalue weighted by molar-refractivity contribution is 0.0752. The van der Waals surface area contributed by atoms with Gasteiger partial charge in [-0.05, 0) is 48.0 Å². The largest absolute Gasteiger partial charge is 0.496 e. The number of nitrogens with zero attached hydrogens (tertiary/aromatic N) is 2. The molecule has 0 aromatic heterocycles. The van der Waals surface area contributed by atoms with E-state index in [-0.39, 0.29) is 11.8 Å². The Morgan fingerprint density at radius 1 is 1.58 bits per heavy atom. The molecule has 0 heterocycles. The monoisotopic (exact) mass is 324 g/mol. The molecule has 4 nitrogen and oxygen atoms in total. The van der Waals surface area contributed by atoms with Gasteiger partial charge in [0.15, 0.2) is 0 Å². The average Bonchev–Trinajstić information content (AvgIpc) is 2.43. The predicted octanol–water partition coefficient (Wildman–Crippen LogP) is 3.08. The number of halogens is 1. The van der Waals surface area contributed by atoms with E-state index in [2.05, 4.69) is 22.0 Å². The van der Waals surface area contributed by atoms with E-state index in [4.69, 9.17) is 10.00 Å². The Balaban J connectivity index is 2.92. The van der Waals surface area contributed by atoms with E-state index in [1.54, 1.807) is 37.1 Å². The minimum absolute atomic E-state index is 0.0760. The Hall–Kier alpha value is -1.54. The first-order valence-corrected chi connectivity index (χ1v) is 6.85. The van der Waals surface area contributed by atoms with Gasteiger partial charge >= 0.3 is 0 Å². The molecule has 102 valence electrons. The molecule has 0 bridgehead atoms. The minimum atomic E-state index is -0.175. The zero-order valence-corrected chi connectivity index (χ0v) is 12.9. The van der Waals surface area contributed by atoms with E-state index in [0.29, 0.717) is 24.4 Å². The highest BCUT2D eigenvalue weighted by Gasteiger charge is 2.17. The number of benzene rings is 1. The Morgan fingerprint density at radius 3 is 2.74 bits per heavy atom. The van der Waals surface area contributed by atoms with Gasteiger partial charge in [0.25, 0.3) is 5.91 Å². The second kappa shape index (κ2) is 7.15. The van der Waals surface area contributed by atoms with Gasteiger partial charge in [-0.3, -0.25) is 4.79 Å². The molecule has 1 rings (SSSR count). The molecule has 0 saturated carbocycles. The van der Waals surface area contributed by atoms with Gasteiger partial charge in [0, 0.05) is 18.7 Å². The van der Waals surface area contributed by atoms with Crippen molar-refractivity contribution in [2.45, 2.75) is 13.8 Å². The van der Waals surface area contributed by atoms with Crippen molar-refractivity contribution < 1.29 is 9.53 Å². The number of hydrogen-bond donors (Lipinski definition) is 0. The number of nitriles is 1. The summed E-state index contributed by atoms with van der Waals surface area (Å²) in [6.45, 7) is 4.73. The Labute approximate surface area is 122 Å². The molecule has 1 aromatic rings. The molecule has 19 heavy (non-hydrogen) atoms. The lowest BCUT2D eigenvalue weighted by atomic mass is 10.1. The lowest BCUT2D eigenvalue weighted by Gasteiger charge is -2.22. The summed E-state index contributed by atoms with van der Waals surface area (Å²) in [5.41, 5.74) is 0.583. The van der Waals surface area contributed by atoms with Gasteiger partial charge in [0.1, 0.15) is 5.75 Å². The average molecular weight is 325 g/mol. The quantitative estimate of drug-likeness (QED) is 0.836. The molecular weight excluding hydrogens is 308 g/mol. The number of ether oxygens (including phenoxy) is 1. The third-order valence-corrected chi connectivity index (χ3v) is 3.40. The van der Waals surface area contributed by atoms with Gasteiger partial charge in [0.05, 0.1) is 23.6 Å². The molecule has 0 fully saturated rings. The number of hydrogen-bond acceptors (Lipinski definition) is 3. The van der Waals surface area contributed by atoms with Crippen LogP contribution < -0.4 is 4.74 Å². The summed E-state index contributed by atoms with van der Waals surface area (Å²) in [7, 11) is 1.58. The molecule has 1 aromatic carbocycles. The van der Waals surface area contributed by atoms with E-state index >= 15 is 0 Å². The van der Waals surface area contributed by atoms with Gasteiger partial charge in [-0.1, -0.05) is 0 Å². The number of carbonyl (C=O) groups excluding carboxylic acids is 1. The first-order valence-electron chi connectivity index (χ1n) is 6.05. The summed E-state index contributed by atoms with van der Waals surface area (Å²) in [6, 6.07) is 7.36. The van der Waals surface area contributed by atoms with Crippen molar-refractivity contribution in [2.24, 2.45) is 5.92 Å². The van der Waals surface area contributed by atoms with Crippen molar-refractivity contribution in [3.63, 3.8) is 0 Å². The molecule has 0 unspecified atom stereocenters. The Morgan fingerprint density at radius 2 is 2.26 bits per heavy atom. The third kappa shape index (κ3) is 3.97. The molecule has 5 heteroatoms. The van der Waals surface area contributed by atoms with Gasteiger partial charge in [-0.2, -0.15) is 5.26 Å². The van der Waals surface area contributed by atoms with Crippen molar-refractivity contribution >= 4 is 21.8 Å². The second-order valence-electron chi connectivity index (χ2n) is 4.22. The molecule has 0 aliphatic carbocycles. The van der Waals surface area contributed by atoms with Crippen LogP contribution in [0.25, 0.3) is 0 Å². The number of methoxy groups -OCH3 is 1. The van der Waals surface area contributed by atoms with E-state index in [1.165, 1.54) is 0 Å². The second-order valence-corrected chi connectivity index (χ2v) is 5.08. The van der Waals surface area contributed by atoms with Crippen LogP contribution >= 0.6 is 15.9 Å². The minimum Gasteiger partial charge on any atom is -0.496 e. The summed E-state index contributed by atoms with van der Waals surface area (Å²) in [4.78, 5) is 14.0. The first-order chi connectivity index (χ1) is 9.03. The molecule has 0 aliphatic heterocycles. The van der Waals surface area contributed by atoms with Crippen LogP contribution in [-0.4, -0.2) is 31.0 Å². The highest BCUT2D eigenvalue weighted by atomic mass is 79.9. The van der Waals surface area contributed by atoms with Crippen molar-refractivity contribution in [3.05, 3.63) is 28.2 Å². The zero-order chi connectivity index (χ0) is 14.4. The molecule has 0 saturated heterocycles. The fraction of sp³-hybridized carbons (Fsp3) is 0.429. The summed E-state index contributed by atoms with van der Waals surface area (Å²) in [5, 5.41) is 8.83. The molecular formula is C14H17BrN2O2. The molecule has 1 amide bonds. The SMILES string of the molecule is CCN(C[C@H](C)C#N)C(=O)c1ccc(OC)c(Br)c1. The highest BCUT2D eigenvalue weighted by molar-refractivity contribution is 9.10. The molecule has 0 spiro atoms. The topological polar surface area (TPSA) is 53.3 Å². The first kappa shape index (κ1) is 15.5. The standard InChI is InChI=1S/C14H17BrN2O2/c1-4-17(9-10(2)8-16)14(18)11-5-6-13(19-3)12(15)7-11/h5-7,10H,4,9H2,1-3H3/t10-/m1/s1. The summed E-state index contributed by atoms with van der Waals surface area (Å²) >= 11 is 3.36. The van der Waals surface area contributed by atoms with Gasteiger partial charge in [-0.15, -0.1) is 0 Å². The van der Waals surface area contributed by atoms with Crippen LogP contribution in [0.2, 0.25) is 0 Å². The normalized spacial score (nSPS) is 11.5. The van der Waals surface area contributed by atoms with E-state index < -0.39 is 0 Å². The summed E-state index contributed by atoms with van der Waals surface area (Å²) in [5.74, 6) is 0.434. The molecule has 0 aliphatic rings. The maximum absolute atomic E-state index is 12.3. The lowest BCUT2D eigenvalue weighted by Crippen LogP contribution is -2.34. The molecule has 1 atom stereocenters. The number of amides is 1. The van der Waals surface area contributed by atoms with Crippen LogP contribution in [0.4, 0.5) is 0 Å². The van der Waals surface area contributed by atoms with Crippen LogP contribution in [0.5, 0.6) is 5.75 Å². The van der Waals surface area contributed by atoms with Crippen LogP contribution in [0.3, 0.4) is 0 Å². The molecule has 0 radical (unpaired) electrons. The third-order valence-electron chi connectivity index (χ3n) is 2.78. The highest BCUT2D eigenvalue weighted by Crippen LogP contribution is 2.26. The van der Waals surface area contributed by atoms with E-state index in [0.717, 1.165) is 4.47 Å². The fourth-order valence-corrected chi connectivity index (χ4v) is 2.25. The van der Waals surface area contributed by atoms with Gasteiger partial charge in [-0.25, -0.2) is 0 Å². The van der Waals surface area contributed by atoms with E-state index in [9.17, 15) is 4.79 Å². The van der Waals surface area contributed by atoms with Crippen LogP contribution in [0, 0.1) is 17.2 Å². The maximum Gasteiger partial charge on any atom is 0.253 e. The Bertz CT molecular complexity index is 497. The summed E-state index contributed by atoms with van der Waals surface area (Å²) in [6.07, 6.45) is 0. The number of rotatable bonds is 5.